The van der Waals surface area contributed by atoms with Crippen LogP contribution in [0.25, 0.3) is 0 Å². The van der Waals surface area contributed by atoms with Crippen LogP contribution in [0.3, 0.4) is 0 Å². The van der Waals surface area contributed by atoms with Crippen LogP contribution in [0.15, 0.2) is 31.2 Å². The van der Waals surface area contributed by atoms with Crippen molar-refractivity contribution in [3.63, 3.8) is 0 Å². The Hall–Kier alpha value is -1.75. The molecule has 0 aliphatic rings. The fourth-order valence-electron chi connectivity index (χ4n) is 1.53. The van der Waals surface area contributed by atoms with Gasteiger partial charge in [-0.3, -0.25) is 0 Å². The second-order valence-corrected chi connectivity index (χ2v) is 3.36. The van der Waals surface area contributed by atoms with Crippen molar-refractivity contribution in [1.82, 2.24) is 24.8 Å². The van der Waals surface area contributed by atoms with Crippen molar-refractivity contribution in [2.24, 2.45) is 7.05 Å². The number of aromatic nitrogens is 4. The van der Waals surface area contributed by atoms with E-state index < -0.39 is 0 Å². The number of nitrogens with zero attached hydrogens (tertiary/aromatic N) is 4. The van der Waals surface area contributed by atoms with Crippen molar-refractivity contribution in [2.75, 3.05) is 7.05 Å². The molecule has 0 radical (unpaired) electrons. The fraction of sp³-hybridized carbons (Fsp3) is 0.300. The highest BCUT2D eigenvalue weighted by molar-refractivity contribution is 5.21. The molecular formula is C10H13N5. The molecular weight excluding hydrogens is 190 g/mol. The van der Waals surface area contributed by atoms with Crippen LogP contribution in [-0.2, 0) is 7.05 Å². The van der Waals surface area contributed by atoms with Crippen LogP contribution in [0.4, 0.5) is 0 Å². The van der Waals surface area contributed by atoms with Crippen LogP contribution in [-0.4, -0.2) is 26.6 Å². The molecule has 1 N–H and O–H groups in total. The highest BCUT2D eigenvalue weighted by atomic mass is 15.0. The summed E-state index contributed by atoms with van der Waals surface area (Å²) in [6.45, 7) is 0. The predicted molar refractivity (Wildman–Crippen MR) is 56.1 cm³/mol. The quantitative estimate of drug-likeness (QED) is 0.790. The number of nitrogens with one attached hydrogen (secondary N) is 1. The first kappa shape index (κ1) is 9.79. The first-order chi connectivity index (χ1) is 7.31. The minimum atomic E-state index is 0.0485. The number of imidazole rings is 1. The molecule has 0 bridgehead atoms. The Kier molecular flexibility index (Phi) is 2.73. The van der Waals surface area contributed by atoms with Crippen molar-refractivity contribution in [3.05, 3.63) is 42.5 Å². The summed E-state index contributed by atoms with van der Waals surface area (Å²) in [5, 5.41) is 3.19. The largest absolute Gasteiger partial charge is 0.340 e. The van der Waals surface area contributed by atoms with Crippen LogP contribution >= 0.6 is 0 Å². The van der Waals surface area contributed by atoms with E-state index in [0.717, 1.165) is 11.3 Å². The van der Waals surface area contributed by atoms with E-state index in [0.29, 0.717) is 0 Å². The molecule has 0 aliphatic heterocycles. The Morgan fingerprint density at radius 1 is 1.33 bits per heavy atom. The van der Waals surface area contributed by atoms with E-state index in [-0.39, 0.29) is 6.04 Å². The van der Waals surface area contributed by atoms with Gasteiger partial charge in [-0.05, 0) is 7.05 Å². The number of hydrogen-bond acceptors (Lipinski definition) is 4. The van der Waals surface area contributed by atoms with Crippen LogP contribution in [0.1, 0.15) is 17.3 Å². The highest BCUT2D eigenvalue weighted by Gasteiger charge is 2.14. The fourth-order valence-corrected chi connectivity index (χ4v) is 1.53. The zero-order chi connectivity index (χ0) is 10.7. The van der Waals surface area contributed by atoms with Gasteiger partial charge in [0.1, 0.15) is 6.33 Å². The molecule has 2 rings (SSSR count). The summed E-state index contributed by atoms with van der Waals surface area (Å²) in [7, 11) is 3.84. The molecule has 2 heterocycles. The van der Waals surface area contributed by atoms with Gasteiger partial charge in [-0.25, -0.2) is 15.0 Å². The molecule has 2 aromatic heterocycles. The van der Waals surface area contributed by atoms with Gasteiger partial charge in [-0.1, -0.05) is 0 Å². The zero-order valence-corrected chi connectivity index (χ0v) is 8.75. The topological polar surface area (TPSA) is 55.6 Å². The summed E-state index contributed by atoms with van der Waals surface area (Å²) in [4.78, 5) is 12.3. The van der Waals surface area contributed by atoms with Gasteiger partial charge in [0.05, 0.1) is 18.1 Å². The van der Waals surface area contributed by atoms with E-state index in [9.17, 15) is 0 Å². The molecule has 5 nitrogen and oxygen atoms in total. The normalized spacial score (nSPS) is 12.7. The van der Waals surface area contributed by atoms with E-state index in [1.807, 2.05) is 24.9 Å². The molecule has 0 amide bonds. The standard InChI is InChI=1S/C10H13N5/c1-11-10(8-3-12-6-13-4-8)9-5-15(2)7-14-9/h3-7,10-11H,1-2H3. The van der Waals surface area contributed by atoms with Gasteiger partial charge in [0.2, 0.25) is 0 Å². The maximum absolute atomic E-state index is 4.31. The van der Waals surface area contributed by atoms with Crippen LogP contribution in [0.5, 0.6) is 0 Å². The van der Waals surface area contributed by atoms with Crippen molar-refractivity contribution in [1.29, 1.82) is 0 Å². The van der Waals surface area contributed by atoms with Gasteiger partial charge in [-0.15, -0.1) is 0 Å². The maximum Gasteiger partial charge on any atom is 0.115 e. The third-order valence-electron chi connectivity index (χ3n) is 2.22. The van der Waals surface area contributed by atoms with Gasteiger partial charge >= 0.3 is 0 Å². The molecule has 2 aromatic rings. The summed E-state index contributed by atoms with van der Waals surface area (Å²) >= 11 is 0. The van der Waals surface area contributed by atoms with Crippen molar-refractivity contribution < 1.29 is 0 Å². The van der Waals surface area contributed by atoms with Crippen LogP contribution < -0.4 is 5.32 Å². The second kappa shape index (κ2) is 4.18. The van der Waals surface area contributed by atoms with Crippen molar-refractivity contribution in [3.8, 4) is 0 Å². The SMILES string of the molecule is CNC(c1cncnc1)c1cn(C)cn1. The second-order valence-electron chi connectivity index (χ2n) is 3.36. The van der Waals surface area contributed by atoms with E-state index in [1.54, 1.807) is 18.7 Å². The highest BCUT2D eigenvalue weighted by Crippen LogP contribution is 2.17. The molecule has 1 atom stereocenters. The number of rotatable bonds is 3. The molecule has 15 heavy (non-hydrogen) atoms. The van der Waals surface area contributed by atoms with Crippen molar-refractivity contribution in [2.45, 2.75) is 6.04 Å². The molecule has 0 spiro atoms. The van der Waals surface area contributed by atoms with Crippen LogP contribution in [0, 0.1) is 0 Å². The van der Waals surface area contributed by atoms with Gasteiger partial charge in [0.25, 0.3) is 0 Å². The van der Waals surface area contributed by atoms with Gasteiger partial charge in [0.15, 0.2) is 0 Å². The minimum Gasteiger partial charge on any atom is -0.340 e. The predicted octanol–water partition coefficient (Wildman–Crippen LogP) is 0.519. The Labute approximate surface area is 88.2 Å². The molecule has 0 aliphatic carbocycles. The molecule has 78 valence electrons. The smallest absolute Gasteiger partial charge is 0.115 e. The first-order valence-electron chi connectivity index (χ1n) is 4.71. The third kappa shape index (κ3) is 2.02. The van der Waals surface area contributed by atoms with Gasteiger partial charge in [0, 0.05) is 31.2 Å². The van der Waals surface area contributed by atoms with E-state index in [2.05, 4.69) is 20.3 Å². The monoisotopic (exact) mass is 203 g/mol. The number of hydrogen-bond donors (Lipinski definition) is 1. The molecule has 0 fully saturated rings. The van der Waals surface area contributed by atoms with Crippen molar-refractivity contribution >= 4 is 0 Å². The average Bonchev–Trinajstić information content (AvgIpc) is 2.68. The summed E-state index contributed by atoms with van der Waals surface area (Å²) in [5.41, 5.74) is 1.98. The summed E-state index contributed by atoms with van der Waals surface area (Å²) in [6, 6.07) is 0.0485. The van der Waals surface area contributed by atoms with E-state index >= 15 is 0 Å². The lowest BCUT2D eigenvalue weighted by Crippen LogP contribution is -2.18. The molecule has 0 saturated carbocycles. The lowest BCUT2D eigenvalue weighted by Gasteiger charge is -2.12. The Morgan fingerprint density at radius 2 is 2.07 bits per heavy atom. The maximum atomic E-state index is 4.31. The molecule has 5 heteroatoms. The molecule has 0 saturated heterocycles. The Morgan fingerprint density at radius 3 is 2.60 bits per heavy atom. The van der Waals surface area contributed by atoms with Gasteiger partial charge in [-0.2, -0.15) is 0 Å². The zero-order valence-electron chi connectivity index (χ0n) is 8.75. The molecule has 0 aromatic carbocycles. The van der Waals surface area contributed by atoms with E-state index in [4.69, 9.17) is 0 Å². The average molecular weight is 203 g/mol. The lowest BCUT2D eigenvalue weighted by atomic mass is 10.1. The Bertz CT molecular complexity index is 422. The van der Waals surface area contributed by atoms with Crippen LogP contribution in [0.2, 0.25) is 0 Å². The lowest BCUT2D eigenvalue weighted by molar-refractivity contribution is 0.667. The summed E-state index contributed by atoms with van der Waals surface area (Å²) in [5.74, 6) is 0. The summed E-state index contributed by atoms with van der Waals surface area (Å²) in [6.07, 6.45) is 8.87. The minimum absolute atomic E-state index is 0.0485. The number of aryl methyl sites for hydroxylation is 1. The van der Waals surface area contributed by atoms with E-state index in [1.165, 1.54) is 6.33 Å². The molecule has 1 unspecified atom stereocenters. The van der Waals surface area contributed by atoms with Gasteiger partial charge < -0.3 is 9.88 Å². The Balaban J connectivity index is 2.33. The first-order valence-corrected chi connectivity index (χ1v) is 4.71. The summed E-state index contributed by atoms with van der Waals surface area (Å²) < 4.78 is 1.92. The third-order valence-corrected chi connectivity index (χ3v) is 2.22.